The summed E-state index contributed by atoms with van der Waals surface area (Å²) in [6.07, 6.45) is 4.03. The van der Waals surface area contributed by atoms with E-state index in [1.807, 2.05) is 13.0 Å². The molecular formula is C10H11N3OS. The number of nitriles is 1. The lowest BCUT2D eigenvalue weighted by Crippen LogP contribution is -2.24. The Hall–Kier alpha value is -1.67. The molecule has 0 aliphatic carbocycles. The second kappa shape index (κ2) is 5.94. The molecule has 0 radical (unpaired) electrons. The van der Waals surface area contributed by atoms with Crippen molar-refractivity contribution in [2.24, 2.45) is 0 Å². The van der Waals surface area contributed by atoms with E-state index >= 15 is 0 Å². The van der Waals surface area contributed by atoms with Crippen molar-refractivity contribution in [2.45, 2.75) is 13.3 Å². The summed E-state index contributed by atoms with van der Waals surface area (Å²) in [5.41, 5.74) is 0.118. The SMILES string of the molecule is CCCNC(=O)/C(C#N)=C\c1ccns1. The first-order valence-electron chi connectivity index (χ1n) is 4.58. The Kier molecular flexibility index (Phi) is 4.51. The van der Waals surface area contributed by atoms with Crippen LogP contribution in [0.15, 0.2) is 17.8 Å². The molecule has 0 saturated heterocycles. The van der Waals surface area contributed by atoms with Crippen LogP contribution in [0, 0.1) is 11.3 Å². The molecule has 0 saturated carbocycles. The zero-order valence-electron chi connectivity index (χ0n) is 8.36. The molecule has 0 bridgehead atoms. The van der Waals surface area contributed by atoms with E-state index in [9.17, 15) is 4.79 Å². The van der Waals surface area contributed by atoms with Crippen LogP contribution in [-0.4, -0.2) is 16.8 Å². The zero-order valence-corrected chi connectivity index (χ0v) is 9.17. The van der Waals surface area contributed by atoms with E-state index < -0.39 is 0 Å². The minimum atomic E-state index is -0.326. The Labute approximate surface area is 92.4 Å². The summed E-state index contributed by atoms with van der Waals surface area (Å²) < 4.78 is 3.89. The van der Waals surface area contributed by atoms with Crippen LogP contribution < -0.4 is 5.32 Å². The minimum absolute atomic E-state index is 0.118. The Balaban J connectivity index is 2.72. The van der Waals surface area contributed by atoms with E-state index in [0.29, 0.717) is 6.54 Å². The third kappa shape index (κ3) is 3.52. The van der Waals surface area contributed by atoms with Crippen LogP contribution in [0.2, 0.25) is 0 Å². The van der Waals surface area contributed by atoms with Gasteiger partial charge in [-0.05, 0) is 30.1 Å². The monoisotopic (exact) mass is 221 g/mol. The van der Waals surface area contributed by atoms with Crippen LogP contribution in [0.5, 0.6) is 0 Å². The van der Waals surface area contributed by atoms with Gasteiger partial charge in [0.1, 0.15) is 11.6 Å². The zero-order chi connectivity index (χ0) is 11.1. The molecule has 0 spiro atoms. The maximum absolute atomic E-state index is 11.4. The predicted octanol–water partition coefficient (Wildman–Crippen LogP) is 1.58. The van der Waals surface area contributed by atoms with Crippen LogP contribution in [-0.2, 0) is 4.79 Å². The van der Waals surface area contributed by atoms with Crippen molar-refractivity contribution in [3.8, 4) is 6.07 Å². The number of rotatable bonds is 4. The molecule has 78 valence electrons. The lowest BCUT2D eigenvalue weighted by molar-refractivity contribution is -0.117. The first kappa shape index (κ1) is 11.4. The normalized spacial score (nSPS) is 10.8. The Morgan fingerprint density at radius 3 is 3.13 bits per heavy atom. The topological polar surface area (TPSA) is 65.8 Å². The largest absolute Gasteiger partial charge is 0.351 e. The average Bonchev–Trinajstić information content (AvgIpc) is 2.75. The van der Waals surface area contributed by atoms with Crippen molar-refractivity contribution >= 4 is 23.5 Å². The predicted molar refractivity (Wildman–Crippen MR) is 59.0 cm³/mol. The van der Waals surface area contributed by atoms with Gasteiger partial charge in [0.25, 0.3) is 5.91 Å². The third-order valence-corrected chi connectivity index (χ3v) is 2.34. The van der Waals surface area contributed by atoms with Crippen LogP contribution in [0.1, 0.15) is 18.2 Å². The molecule has 0 fully saturated rings. The third-order valence-electron chi connectivity index (χ3n) is 1.65. The maximum Gasteiger partial charge on any atom is 0.261 e. The van der Waals surface area contributed by atoms with E-state index in [1.165, 1.54) is 11.5 Å². The van der Waals surface area contributed by atoms with Gasteiger partial charge >= 0.3 is 0 Å². The van der Waals surface area contributed by atoms with Crippen molar-refractivity contribution in [3.63, 3.8) is 0 Å². The van der Waals surface area contributed by atoms with Gasteiger partial charge in [0.2, 0.25) is 0 Å². The number of hydrogen-bond acceptors (Lipinski definition) is 4. The summed E-state index contributed by atoms with van der Waals surface area (Å²) in [6.45, 7) is 2.54. The molecule has 1 rings (SSSR count). The number of carbonyl (C=O) groups is 1. The summed E-state index contributed by atoms with van der Waals surface area (Å²) in [5, 5.41) is 11.4. The quantitative estimate of drug-likeness (QED) is 0.620. The second-order valence-corrected chi connectivity index (χ2v) is 3.71. The Morgan fingerprint density at radius 1 is 1.80 bits per heavy atom. The fourth-order valence-corrected chi connectivity index (χ4v) is 1.46. The first-order chi connectivity index (χ1) is 7.27. The molecule has 0 atom stereocenters. The first-order valence-corrected chi connectivity index (χ1v) is 5.36. The number of hydrogen-bond donors (Lipinski definition) is 1. The molecule has 4 nitrogen and oxygen atoms in total. The summed E-state index contributed by atoms with van der Waals surface area (Å²) in [5.74, 6) is -0.326. The van der Waals surface area contributed by atoms with Gasteiger partial charge in [0.15, 0.2) is 0 Å². The van der Waals surface area contributed by atoms with Crippen LogP contribution in [0.3, 0.4) is 0 Å². The fraction of sp³-hybridized carbons (Fsp3) is 0.300. The van der Waals surface area contributed by atoms with E-state index in [-0.39, 0.29) is 11.5 Å². The van der Waals surface area contributed by atoms with Gasteiger partial charge in [-0.15, -0.1) is 0 Å². The summed E-state index contributed by atoms with van der Waals surface area (Å²) >= 11 is 1.25. The van der Waals surface area contributed by atoms with Crippen LogP contribution in [0.25, 0.3) is 6.08 Å². The molecule has 1 N–H and O–H groups in total. The molecule has 0 unspecified atom stereocenters. The van der Waals surface area contributed by atoms with Crippen molar-refractivity contribution in [2.75, 3.05) is 6.54 Å². The number of nitrogens with zero attached hydrogens (tertiary/aromatic N) is 2. The Morgan fingerprint density at radius 2 is 2.60 bits per heavy atom. The van der Waals surface area contributed by atoms with Crippen LogP contribution >= 0.6 is 11.5 Å². The lowest BCUT2D eigenvalue weighted by Gasteiger charge is -2.00. The molecule has 1 amide bonds. The van der Waals surface area contributed by atoms with Crippen LogP contribution in [0.4, 0.5) is 0 Å². The van der Waals surface area contributed by atoms with Crippen molar-refractivity contribution in [1.82, 2.24) is 9.69 Å². The molecule has 0 aliphatic heterocycles. The second-order valence-electron chi connectivity index (χ2n) is 2.84. The molecule has 15 heavy (non-hydrogen) atoms. The minimum Gasteiger partial charge on any atom is -0.351 e. The highest BCUT2D eigenvalue weighted by Crippen LogP contribution is 2.10. The standard InChI is InChI=1S/C10H11N3OS/c1-2-4-12-10(14)8(7-11)6-9-3-5-13-15-9/h3,5-6H,2,4H2,1H3,(H,12,14)/b8-6-. The summed E-state index contributed by atoms with van der Waals surface area (Å²) in [4.78, 5) is 12.2. The molecule has 5 heteroatoms. The molecule has 0 aromatic carbocycles. The lowest BCUT2D eigenvalue weighted by atomic mass is 10.2. The van der Waals surface area contributed by atoms with Gasteiger partial charge in [0, 0.05) is 17.6 Å². The van der Waals surface area contributed by atoms with E-state index in [0.717, 1.165) is 11.3 Å². The highest BCUT2D eigenvalue weighted by atomic mass is 32.1. The van der Waals surface area contributed by atoms with E-state index in [4.69, 9.17) is 5.26 Å². The van der Waals surface area contributed by atoms with Gasteiger partial charge in [-0.2, -0.15) is 5.26 Å². The smallest absolute Gasteiger partial charge is 0.261 e. The van der Waals surface area contributed by atoms with Gasteiger partial charge in [-0.3, -0.25) is 4.79 Å². The molecule has 1 aromatic rings. The van der Waals surface area contributed by atoms with Crippen molar-refractivity contribution < 1.29 is 4.79 Å². The number of carbonyl (C=O) groups excluding carboxylic acids is 1. The van der Waals surface area contributed by atoms with E-state index in [2.05, 4.69) is 9.69 Å². The Bertz CT molecular complexity index is 389. The number of nitrogens with one attached hydrogen (secondary N) is 1. The highest BCUT2D eigenvalue weighted by molar-refractivity contribution is 7.06. The molecular weight excluding hydrogens is 210 g/mol. The molecule has 1 aromatic heterocycles. The van der Waals surface area contributed by atoms with Gasteiger partial charge < -0.3 is 5.32 Å². The number of aromatic nitrogens is 1. The molecule has 0 aliphatic rings. The van der Waals surface area contributed by atoms with Gasteiger partial charge in [0.05, 0.1) is 0 Å². The molecule has 1 heterocycles. The van der Waals surface area contributed by atoms with Gasteiger partial charge in [-0.25, -0.2) is 4.37 Å². The summed E-state index contributed by atoms with van der Waals surface area (Å²) in [6, 6.07) is 3.64. The van der Waals surface area contributed by atoms with Crippen molar-refractivity contribution in [3.05, 3.63) is 22.7 Å². The number of amides is 1. The van der Waals surface area contributed by atoms with Gasteiger partial charge in [-0.1, -0.05) is 6.92 Å². The van der Waals surface area contributed by atoms with E-state index in [1.54, 1.807) is 18.3 Å². The maximum atomic E-state index is 11.4. The highest BCUT2D eigenvalue weighted by Gasteiger charge is 2.07. The fourth-order valence-electron chi connectivity index (χ4n) is 0.925. The summed E-state index contributed by atoms with van der Waals surface area (Å²) in [7, 11) is 0. The van der Waals surface area contributed by atoms with Crippen molar-refractivity contribution in [1.29, 1.82) is 5.26 Å². The average molecular weight is 221 g/mol.